The number of aryl methyl sites for hydroxylation is 2. The second kappa shape index (κ2) is 6.28. The molecular formula is C11H18Cl3N3. The summed E-state index contributed by atoms with van der Waals surface area (Å²) in [4.78, 5) is 0. The number of hydrogen-bond donors (Lipinski definition) is 1. The van der Waals surface area contributed by atoms with Crippen molar-refractivity contribution in [1.82, 2.24) is 15.1 Å². The molecule has 6 heteroatoms. The van der Waals surface area contributed by atoms with E-state index in [1.807, 2.05) is 25.5 Å². The van der Waals surface area contributed by atoms with Crippen LogP contribution in [0.2, 0.25) is 5.02 Å². The Morgan fingerprint density at radius 2 is 1.94 bits per heavy atom. The summed E-state index contributed by atoms with van der Waals surface area (Å²) in [6.45, 7) is 7.34. The molecule has 1 N–H and O–H groups in total. The molecule has 1 heterocycles. The molecule has 0 aromatic carbocycles. The van der Waals surface area contributed by atoms with Crippen LogP contribution >= 0.6 is 34.8 Å². The van der Waals surface area contributed by atoms with Gasteiger partial charge in [0.15, 0.2) is 0 Å². The van der Waals surface area contributed by atoms with E-state index >= 15 is 0 Å². The summed E-state index contributed by atoms with van der Waals surface area (Å²) < 4.78 is 1.90. The summed E-state index contributed by atoms with van der Waals surface area (Å²) in [5.74, 6) is 0.903. The van der Waals surface area contributed by atoms with E-state index in [-0.39, 0.29) is 5.54 Å². The van der Waals surface area contributed by atoms with Crippen LogP contribution in [0.5, 0.6) is 0 Å². The highest BCUT2D eigenvalue weighted by Crippen LogP contribution is 2.21. The molecule has 98 valence electrons. The molecule has 0 spiro atoms. The largest absolute Gasteiger partial charge is 0.304 e. The van der Waals surface area contributed by atoms with Gasteiger partial charge in [0.1, 0.15) is 0 Å². The maximum Gasteiger partial charge on any atom is 0.0860 e. The Bertz CT molecular complexity index is 372. The summed E-state index contributed by atoms with van der Waals surface area (Å²) in [6.07, 6.45) is 0. The molecule has 1 rings (SSSR count). The molecule has 3 nitrogen and oxygen atoms in total. The van der Waals surface area contributed by atoms with E-state index in [1.54, 1.807) is 0 Å². The minimum Gasteiger partial charge on any atom is -0.304 e. The van der Waals surface area contributed by atoms with Gasteiger partial charge in [-0.1, -0.05) is 11.6 Å². The predicted octanol–water partition coefficient (Wildman–Crippen LogP) is 3.19. The van der Waals surface area contributed by atoms with Crippen molar-refractivity contribution in [1.29, 1.82) is 0 Å². The molecule has 0 saturated carbocycles. The van der Waals surface area contributed by atoms with Gasteiger partial charge in [0.05, 0.1) is 16.4 Å². The smallest absolute Gasteiger partial charge is 0.0860 e. The number of halogens is 3. The normalized spacial score (nSPS) is 12.1. The topological polar surface area (TPSA) is 29.9 Å². The van der Waals surface area contributed by atoms with Gasteiger partial charge < -0.3 is 5.32 Å². The first-order valence-corrected chi connectivity index (χ1v) is 7.01. The molecule has 0 radical (unpaired) electrons. The third-order valence-corrected chi connectivity index (χ3v) is 4.40. The van der Waals surface area contributed by atoms with Crippen LogP contribution in [0.4, 0.5) is 0 Å². The van der Waals surface area contributed by atoms with Crippen molar-refractivity contribution in [3.8, 4) is 0 Å². The Hall–Kier alpha value is 0.0400. The summed E-state index contributed by atoms with van der Waals surface area (Å²) in [5, 5.41) is 8.40. The van der Waals surface area contributed by atoms with E-state index in [0.29, 0.717) is 23.3 Å². The molecule has 0 unspecified atom stereocenters. The summed E-state index contributed by atoms with van der Waals surface area (Å²) in [6, 6.07) is 0. The lowest BCUT2D eigenvalue weighted by atomic mass is 10.1. The summed E-state index contributed by atoms with van der Waals surface area (Å²) in [7, 11) is 0. The van der Waals surface area contributed by atoms with Crippen LogP contribution in [-0.2, 0) is 13.1 Å². The van der Waals surface area contributed by atoms with E-state index < -0.39 is 0 Å². The SMILES string of the molecule is CCn1nc(C)c(Cl)c1CNC(C)(CCl)CCl. The molecule has 1 aromatic rings. The number of hydrogen-bond acceptors (Lipinski definition) is 2. The summed E-state index contributed by atoms with van der Waals surface area (Å²) >= 11 is 18.0. The molecule has 0 atom stereocenters. The lowest BCUT2D eigenvalue weighted by Crippen LogP contribution is -2.45. The van der Waals surface area contributed by atoms with Crippen molar-refractivity contribution in [3.63, 3.8) is 0 Å². The molecule has 0 saturated heterocycles. The van der Waals surface area contributed by atoms with Crippen LogP contribution < -0.4 is 5.32 Å². The number of alkyl halides is 2. The van der Waals surface area contributed by atoms with E-state index in [9.17, 15) is 0 Å². The van der Waals surface area contributed by atoms with Crippen molar-refractivity contribution < 1.29 is 0 Å². The quantitative estimate of drug-likeness (QED) is 0.818. The van der Waals surface area contributed by atoms with Gasteiger partial charge >= 0.3 is 0 Å². The Morgan fingerprint density at radius 3 is 2.41 bits per heavy atom. The zero-order valence-corrected chi connectivity index (χ0v) is 12.6. The Labute approximate surface area is 117 Å². The maximum atomic E-state index is 6.22. The van der Waals surface area contributed by atoms with Gasteiger partial charge in [-0.2, -0.15) is 5.10 Å². The average Bonchev–Trinajstić information content (AvgIpc) is 2.62. The molecule has 0 amide bonds. The zero-order valence-electron chi connectivity index (χ0n) is 10.4. The first-order chi connectivity index (χ1) is 7.97. The van der Waals surface area contributed by atoms with Crippen LogP contribution in [0, 0.1) is 6.92 Å². The van der Waals surface area contributed by atoms with Gasteiger partial charge in [0, 0.05) is 30.4 Å². The van der Waals surface area contributed by atoms with Crippen LogP contribution in [-0.4, -0.2) is 27.1 Å². The van der Waals surface area contributed by atoms with Gasteiger partial charge in [0.25, 0.3) is 0 Å². The summed E-state index contributed by atoms with van der Waals surface area (Å²) in [5.41, 5.74) is 1.54. The lowest BCUT2D eigenvalue weighted by molar-refractivity contribution is 0.422. The highest BCUT2D eigenvalue weighted by molar-refractivity contribution is 6.31. The van der Waals surface area contributed by atoms with E-state index in [0.717, 1.165) is 17.9 Å². The Morgan fingerprint density at radius 1 is 1.35 bits per heavy atom. The number of rotatable bonds is 6. The molecule has 0 aliphatic rings. The second-order valence-electron chi connectivity index (χ2n) is 4.34. The number of nitrogens with one attached hydrogen (secondary N) is 1. The van der Waals surface area contributed by atoms with Crippen LogP contribution in [0.25, 0.3) is 0 Å². The first-order valence-electron chi connectivity index (χ1n) is 5.56. The first kappa shape index (κ1) is 15.1. The monoisotopic (exact) mass is 297 g/mol. The van der Waals surface area contributed by atoms with Crippen molar-refractivity contribution in [2.24, 2.45) is 0 Å². The third kappa shape index (κ3) is 3.50. The van der Waals surface area contributed by atoms with Crippen molar-refractivity contribution in [3.05, 3.63) is 16.4 Å². The predicted molar refractivity (Wildman–Crippen MR) is 74.3 cm³/mol. The van der Waals surface area contributed by atoms with Gasteiger partial charge in [-0.05, 0) is 20.8 Å². The fourth-order valence-electron chi connectivity index (χ4n) is 1.47. The Balaban J connectivity index is 2.81. The fraction of sp³-hybridized carbons (Fsp3) is 0.727. The van der Waals surface area contributed by atoms with Crippen LogP contribution in [0.3, 0.4) is 0 Å². The number of nitrogens with zero attached hydrogens (tertiary/aromatic N) is 2. The highest BCUT2D eigenvalue weighted by Gasteiger charge is 2.23. The van der Waals surface area contributed by atoms with Gasteiger partial charge in [-0.15, -0.1) is 23.2 Å². The molecule has 1 aromatic heterocycles. The average molecular weight is 299 g/mol. The molecule has 0 aliphatic heterocycles. The van der Waals surface area contributed by atoms with Crippen molar-refractivity contribution in [2.75, 3.05) is 11.8 Å². The minimum absolute atomic E-state index is 0.289. The Kier molecular flexibility index (Phi) is 5.58. The van der Waals surface area contributed by atoms with Gasteiger partial charge in [-0.25, -0.2) is 0 Å². The molecule has 0 fully saturated rings. The second-order valence-corrected chi connectivity index (χ2v) is 5.26. The van der Waals surface area contributed by atoms with Crippen LogP contribution in [0.1, 0.15) is 25.2 Å². The standard InChI is InChI=1S/C11H18Cl3N3/c1-4-17-9(10(14)8(2)16-17)5-15-11(3,6-12)7-13/h15H,4-7H2,1-3H3. The van der Waals surface area contributed by atoms with Gasteiger partial charge in [0.2, 0.25) is 0 Å². The molecule has 0 bridgehead atoms. The van der Waals surface area contributed by atoms with Crippen molar-refractivity contribution in [2.45, 2.75) is 39.4 Å². The van der Waals surface area contributed by atoms with E-state index in [1.165, 1.54) is 0 Å². The third-order valence-electron chi connectivity index (χ3n) is 2.73. The minimum atomic E-state index is -0.289. The lowest BCUT2D eigenvalue weighted by Gasteiger charge is -2.26. The van der Waals surface area contributed by atoms with E-state index in [2.05, 4.69) is 10.4 Å². The van der Waals surface area contributed by atoms with Crippen LogP contribution in [0.15, 0.2) is 0 Å². The highest BCUT2D eigenvalue weighted by atomic mass is 35.5. The molecule has 0 aliphatic carbocycles. The zero-order chi connectivity index (χ0) is 13.1. The van der Waals surface area contributed by atoms with E-state index in [4.69, 9.17) is 34.8 Å². The molecular weight excluding hydrogens is 281 g/mol. The molecule has 17 heavy (non-hydrogen) atoms. The van der Waals surface area contributed by atoms with Gasteiger partial charge in [-0.3, -0.25) is 4.68 Å². The number of aromatic nitrogens is 2. The maximum absolute atomic E-state index is 6.22. The fourth-order valence-corrected chi connectivity index (χ4v) is 2.14. The van der Waals surface area contributed by atoms with Crippen molar-refractivity contribution >= 4 is 34.8 Å².